The van der Waals surface area contributed by atoms with Crippen LogP contribution in [0.2, 0.25) is 0 Å². The van der Waals surface area contributed by atoms with Crippen molar-refractivity contribution in [3.05, 3.63) is 41.7 Å². The number of hydrogen-bond acceptors (Lipinski definition) is 3. The molecule has 0 spiro atoms. The minimum atomic E-state index is -1.07. The SMILES string of the molecule is CC(C)Cc1cc(C(=O)O)nn1-c1ccccc1O. The maximum atomic E-state index is 11.0. The smallest absolute Gasteiger partial charge is 0.356 e. The quantitative estimate of drug-likeness (QED) is 0.885. The van der Waals surface area contributed by atoms with Gasteiger partial charge in [-0.05, 0) is 30.5 Å². The summed E-state index contributed by atoms with van der Waals surface area (Å²) in [6.07, 6.45) is 0.689. The highest BCUT2D eigenvalue weighted by atomic mass is 16.4. The molecule has 0 bridgehead atoms. The van der Waals surface area contributed by atoms with Gasteiger partial charge < -0.3 is 10.2 Å². The second-order valence-electron chi connectivity index (χ2n) is 4.82. The Kier molecular flexibility index (Phi) is 3.55. The monoisotopic (exact) mass is 260 g/mol. The Morgan fingerprint density at radius 2 is 2.05 bits per heavy atom. The number of para-hydroxylation sites is 2. The highest BCUT2D eigenvalue weighted by Crippen LogP contribution is 2.23. The van der Waals surface area contributed by atoms with Crippen LogP contribution in [0, 0.1) is 5.92 Å². The van der Waals surface area contributed by atoms with Crippen molar-refractivity contribution in [2.24, 2.45) is 5.92 Å². The number of phenols is 1. The predicted octanol–water partition coefficient (Wildman–Crippen LogP) is 2.47. The van der Waals surface area contributed by atoms with E-state index >= 15 is 0 Å². The van der Waals surface area contributed by atoms with Crippen molar-refractivity contribution < 1.29 is 15.0 Å². The molecule has 2 rings (SSSR count). The minimum absolute atomic E-state index is 0.0149. The van der Waals surface area contributed by atoms with Crippen LogP contribution in [-0.4, -0.2) is 26.0 Å². The second-order valence-corrected chi connectivity index (χ2v) is 4.82. The van der Waals surface area contributed by atoms with Crippen molar-refractivity contribution >= 4 is 5.97 Å². The third kappa shape index (κ3) is 2.76. The third-order valence-electron chi connectivity index (χ3n) is 2.73. The first-order valence-electron chi connectivity index (χ1n) is 6.09. The van der Waals surface area contributed by atoms with Crippen LogP contribution in [0.4, 0.5) is 0 Å². The normalized spacial score (nSPS) is 10.9. The fraction of sp³-hybridized carbons (Fsp3) is 0.286. The number of hydrogen-bond donors (Lipinski definition) is 2. The molecular weight excluding hydrogens is 244 g/mol. The molecule has 1 heterocycles. The summed E-state index contributed by atoms with van der Waals surface area (Å²) in [5.41, 5.74) is 1.25. The number of aromatic hydroxyl groups is 1. The van der Waals surface area contributed by atoms with E-state index in [-0.39, 0.29) is 11.4 Å². The lowest BCUT2D eigenvalue weighted by molar-refractivity contribution is 0.0690. The van der Waals surface area contributed by atoms with Gasteiger partial charge in [0.25, 0.3) is 0 Å². The van der Waals surface area contributed by atoms with E-state index in [1.807, 2.05) is 13.8 Å². The van der Waals surface area contributed by atoms with Gasteiger partial charge in [-0.15, -0.1) is 0 Å². The number of aromatic carboxylic acids is 1. The highest BCUT2D eigenvalue weighted by molar-refractivity contribution is 5.85. The Balaban J connectivity index is 2.54. The number of rotatable bonds is 4. The molecule has 100 valence electrons. The summed E-state index contributed by atoms with van der Waals surface area (Å²) < 4.78 is 1.50. The maximum absolute atomic E-state index is 11.0. The molecule has 0 aliphatic carbocycles. The summed E-state index contributed by atoms with van der Waals surface area (Å²) in [7, 11) is 0. The molecule has 0 aliphatic rings. The highest BCUT2D eigenvalue weighted by Gasteiger charge is 2.16. The van der Waals surface area contributed by atoms with Crippen molar-refractivity contribution in [1.29, 1.82) is 0 Å². The van der Waals surface area contributed by atoms with Gasteiger partial charge in [-0.3, -0.25) is 0 Å². The van der Waals surface area contributed by atoms with Crippen molar-refractivity contribution in [3.8, 4) is 11.4 Å². The third-order valence-corrected chi connectivity index (χ3v) is 2.73. The van der Waals surface area contributed by atoms with Gasteiger partial charge in [-0.1, -0.05) is 26.0 Å². The Labute approximate surface area is 111 Å². The topological polar surface area (TPSA) is 75.3 Å². The van der Waals surface area contributed by atoms with E-state index in [0.29, 0.717) is 18.0 Å². The van der Waals surface area contributed by atoms with Gasteiger partial charge in [-0.25, -0.2) is 9.48 Å². The van der Waals surface area contributed by atoms with Crippen molar-refractivity contribution in [3.63, 3.8) is 0 Å². The van der Waals surface area contributed by atoms with Crippen LogP contribution >= 0.6 is 0 Å². The summed E-state index contributed by atoms with van der Waals surface area (Å²) >= 11 is 0. The van der Waals surface area contributed by atoms with Gasteiger partial charge in [0, 0.05) is 5.69 Å². The predicted molar refractivity (Wildman–Crippen MR) is 70.7 cm³/mol. The van der Waals surface area contributed by atoms with Gasteiger partial charge in [0.1, 0.15) is 11.4 Å². The molecule has 19 heavy (non-hydrogen) atoms. The van der Waals surface area contributed by atoms with Crippen molar-refractivity contribution in [2.75, 3.05) is 0 Å². The molecule has 5 nitrogen and oxygen atoms in total. The van der Waals surface area contributed by atoms with Crippen LogP contribution in [0.15, 0.2) is 30.3 Å². The molecule has 5 heteroatoms. The lowest BCUT2D eigenvalue weighted by Crippen LogP contribution is -2.06. The minimum Gasteiger partial charge on any atom is -0.506 e. The van der Waals surface area contributed by atoms with Crippen LogP contribution in [0.1, 0.15) is 30.0 Å². The van der Waals surface area contributed by atoms with Crippen LogP contribution in [0.25, 0.3) is 5.69 Å². The zero-order chi connectivity index (χ0) is 14.0. The summed E-state index contributed by atoms with van der Waals surface area (Å²) in [6.45, 7) is 4.09. The first-order valence-corrected chi connectivity index (χ1v) is 6.09. The van der Waals surface area contributed by atoms with E-state index in [4.69, 9.17) is 5.11 Å². The molecule has 0 atom stereocenters. The molecule has 1 aromatic carbocycles. The van der Waals surface area contributed by atoms with E-state index in [0.717, 1.165) is 5.69 Å². The molecule has 0 aliphatic heterocycles. The number of nitrogens with zero attached hydrogens (tertiary/aromatic N) is 2. The molecular formula is C14H16N2O3. The molecule has 1 aromatic heterocycles. The fourth-order valence-electron chi connectivity index (χ4n) is 1.94. The van der Waals surface area contributed by atoms with Gasteiger partial charge in [0.15, 0.2) is 5.69 Å². The van der Waals surface area contributed by atoms with E-state index in [1.54, 1.807) is 30.3 Å². The Bertz CT molecular complexity index is 602. The van der Waals surface area contributed by atoms with Crippen LogP contribution in [-0.2, 0) is 6.42 Å². The zero-order valence-corrected chi connectivity index (χ0v) is 10.9. The van der Waals surface area contributed by atoms with E-state index in [9.17, 15) is 9.90 Å². The van der Waals surface area contributed by atoms with Crippen LogP contribution in [0.5, 0.6) is 5.75 Å². The summed E-state index contributed by atoms with van der Waals surface area (Å²) in [4.78, 5) is 11.0. The molecule has 0 unspecified atom stereocenters. The van der Waals surface area contributed by atoms with Crippen LogP contribution < -0.4 is 0 Å². The number of aromatic nitrogens is 2. The van der Waals surface area contributed by atoms with Gasteiger partial charge >= 0.3 is 5.97 Å². The molecule has 2 aromatic rings. The lowest BCUT2D eigenvalue weighted by atomic mass is 10.1. The second kappa shape index (κ2) is 5.14. The Morgan fingerprint density at radius 3 is 2.63 bits per heavy atom. The summed E-state index contributed by atoms with van der Waals surface area (Å²) in [6, 6.07) is 8.29. The molecule has 0 saturated heterocycles. The number of benzene rings is 1. The number of carbonyl (C=O) groups is 1. The molecule has 0 fully saturated rings. The maximum Gasteiger partial charge on any atom is 0.356 e. The summed E-state index contributed by atoms with van der Waals surface area (Å²) in [5.74, 6) is -0.630. The Hall–Kier alpha value is -2.30. The number of phenolic OH excluding ortho intramolecular Hbond substituents is 1. The van der Waals surface area contributed by atoms with Crippen molar-refractivity contribution in [1.82, 2.24) is 9.78 Å². The molecule has 0 amide bonds. The lowest BCUT2D eigenvalue weighted by Gasteiger charge is -2.10. The first kappa shape index (κ1) is 13.1. The number of carboxylic acid groups (broad SMARTS) is 1. The van der Waals surface area contributed by atoms with Gasteiger partial charge in [0.05, 0.1) is 0 Å². The zero-order valence-electron chi connectivity index (χ0n) is 10.9. The fourth-order valence-corrected chi connectivity index (χ4v) is 1.94. The molecule has 0 saturated carbocycles. The van der Waals surface area contributed by atoms with Gasteiger partial charge in [-0.2, -0.15) is 5.10 Å². The Morgan fingerprint density at radius 1 is 1.37 bits per heavy atom. The molecule has 2 N–H and O–H groups in total. The van der Waals surface area contributed by atoms with Gasteiger partial charge in [0.2, 0.25) is 0 Å². The molecule has 0 radical (unpaired) electrons. The largest absolute Gasteiger partial charge is 0.506 e. The van der Waals surface area contributed by atoms with Crippen LogP contribution in [0.3, 0.4) is 0 Å². The van der Waals surface area contributed by atoms with E-state index in [1.165, 1.54) is 4.68 Å². The first-order chi connectivity index (χ1) is 8.99. The number of carboxylic acids is 1. The summed E-state index contributed by atoms with van der Waals surface area (Å²) in [5, 5.41) is 22.9. The van der Waals surface area contributed by atoms with E-state index < -0.39 is 5.97 Å². The van der Waals surface area contributed by atoms with Crippen molar-refractivity contribution in [2.45, 2.75) is 20.3 Å². The van der Waals surface area contributed by atoms with E-state index in [2.05, 4.69) is 5.10 Å². The standard InChI is InChI=1S/C14H16N2O3/c1-9(2)7-10-8-11(14(18)19)15-16(10)12-5-3-4-6-13(12)17/h3-6,8-9,17H,7H2,1-2H3,(H,18,19). The average Bonchev–Trinajstić information content (AvgIpc) is 2.73. The average molecular weight is 260 g/mol.